The summed E-state index contributed by atoms with van der Waals surface area (Å²) in [6.45, 7) is 5.66. The van der Waals surface area contributed by atoms with E-state index in [-0.39, 0.29) is 0 Å². The van der Waals surface area contributed by atoms with Crippen molar-refractivity contribution in [1.82, 2.24) is 19.5 Å². The van der Waals surface area contributed by atoms with Gasteiger partial charge in [-0.2, -0.15) is 0 Å². The Balaban J connectivity index is 1.62. The number of anilines is 1. The molecule has 3 aromatic heterocycles. The number of benzene rings is 2. The summed E-state index contributed by atoms with van der Waals surface area (Å²) in [5.74, 6) is 2.34. The molecule has 2 aromatic carbocycles. The van der Waals surface area contributed by atoms with Crippen LogP contribution in [-0.2, 0) is 7.05 Å². The number of aryl methyl sites for hydroxylation is 1. The third-order valence-electron chi connectivity index (χ3n) is 6.69. The quantitative estimate of drug-likeness (QED) is 0.230. The maximum Gasteiger partial charge on any atom is 0.212 e. The Hall–Kier alpha value is -4.14. The van der Waals surface area contributed by atoms with Crippen LogP contribution in [0.4, 0.5) is 5.82 Å². The fraction of sp³-hybridized carbons (Fsp3) is 0.233. The highest BCUT2D eigenvalue weighted by molar-refractivity contribution is 6.37. The molecule has 5 rings (SSSR count). The summed E-state index contributed by atoms with van der Waals surface area (Å²) >= 11 is 7.06. The number of rotatable bonds is 9. The molecule has 1 unspecified atom stereocenters. The molecular formula is C30H30ClN5O3. The fourth-order valence-corrected chi connectivity index (χ4v) is 4.87. The maximum absolute atomic E-state index is 11.3. The van der Waals surface area contributed by atoms with Gasteiger partial charge in [-0.3, -0.25) is 0 Å². The first kappa shape index (κ1) is 26.5. The smallest absolute Gasteiger partial charge is 0.212 e. The van der Waals surface area contributed by atoms with Gasteiger partial charge >= 0.3 is 0 Å². The number of hydrogen-bond donors (Lipinski definition) is 1. The van der Waals surface area contributed by atoms with Crippen molar-refractivity contribution in [3.8, 4) is 28.6 Å². The first-order chi connectivity index (χ1) is 18.9. The highest BCUT2D eigenvalue weighted by atomic mass is 35.5. The van der Waals surface area contributed by atoms with E-state index in [2.05, 4.69) is 28.7 Å². The van der Waals surface area contributed by atoms with Gasteiger partial charge in [0, 0.05) is 48.9 Å². The summed E-state index contributed by atoms with van der Waals surface area (Å²) in [5.41, 5.74) is 3.43. The van der Waals surface area contributed by atoms with Gasteiger partial charge in [0.2, 0.25) is 5.88 Å². The van der Waals surface area contributed by atoms with E-state index < -0.39 is 6.10 Å². The van der Waals surface area contributed by atoms with Gasteiger partial charge in [-0.15, -0.1) is 0 Å². The first-order valence-corrected chi connectivity index (χ1v) is 13.1. The number of fused-ring (bicyclic) bond motifs is 1. The van der Waals surface area contributed by atoms with Crippen molar-refractivity contribution < 1.29 is 14.6 Å². The largest absolute Gasteiger partial charge is 0.481 e. The van der Waals surface area contributed by atoms with Crippen LogP contribution in [0.2, 0.25) is 5.02 Å². The van der Waals surface area contributed by atoms with Crippen molar-refractivity contribution in [2.75, 3.05) is 25.1 Å². The zero-order valence-corrected chi connectivity index (χ0v) is 23.1. The second kappa shape index (κ2) is 11.3. The predicted octanol–water partition coefficient (Wildman–Crippen LogP) is 6.41. The van der Waals surface area contributed by atoms with E-state index in [1.54, 1.807) is 31.8 Å². The number of halogens is 1. The van der Waals surface area contributed by atoms with Gasteiger partial charge in [0.15, 0.2) is 11.6 Å². The molecule has 200 valence electrons. The van der Waals surface area contributed by atoms with E-state index in [0.717, 1.165) is 29.6 Å². The Morgan fingerprint density at radius 3 is 2.46 bits per heavy atom. The van der Waals surface area contributed by atoms with Crippen molar-refractivity contribution in [1.29, 1.82) is 0 Å². The van der Waals surface area contributed by atoms with Crippen LogP contribution in [0, 0.1) is 0 Å². The molecule has 0 amide bonds. The Morgan fingerprint density at radius 1 is 1.03 bits per heavy atom. The third kappa shape index (κ3) is 5.13. The molecule has 39 heavy (non-hydrogen) atoms. The lowest BCUT2D eigenvalue weighted by Crippen LogP contribution is -2.23. The Morgan fingerprint density at radius 2 is 1.79 bits per heavy atom. The molecule has 0 aliphatic rings. The number of imidazole rings is 1. The minimum Gasteiger partial charge on any atom is -0.481 e. The molecule has 8 nitrogen and oxygen atoms in total. The summed E-state index contributed by atoms with van der Waals surface area (Å²) in [6, 6.07) is 18.9. The highest BCUT2D eigenvalue weighted by Crippen LogP contribution is 2.43. The minimum absolute atomic E-state index is 0.463. The van der Waals surface area contributed by atoms with Crippen LogP contribution >= 0.6 is 11.6 Å². The number of aromatic nitrogens is 4. The number of pyridine rings is 2. The van der Waals surface area contributed by atoms with E-state index >= 15 is 0 Å². The zero-order valence-electron chi connectivity index (χ0n) is 22.3. The van der Waals surface area contributed by atoms with E-state index in [4.69, 9.17) is 26.1 Å². The Bertz CT molecular complexity index is 1580. The van der Waals surface area contributed by atoms with E-state index in [0.29, 0.717) is 45.2 Å². The van der Waals surface area contributed by atoms with Crippen LogP contribution in [0.3, 0.4) is 0 Å². The summed E-state index contributed by atoms with van der Waals surface area (Å²) < 4.78 is 13.3. The van der Waals surface area contributed by atoms with Crippen molar-refractivity contribution in [3.63, 3.8) is 0 Å². The second-order valence-corrected chi connectivity index (χ2v) is 9.40. The molecule has 0 saturated heterocycles. The lowest BCUT2D eigenvalue weighted by Gasteiger charge is -2.24. The van der Waals surface area contributed by atoms with E-state index in [1.165, 1.54) is 0 Å². The van der Waals surface area contributed by atoms with Gasteiger partial charge in [-0.25, -0.2) is 15.0 Å². The normalized spacial score (nSPS) is 11.9. The van der Waals surface area contributed by atoms with Crippen LogP contribution in [0.5, 0.6) is 17.4 Å². The molecule has 0 fully saturated rings. The Labute approximate surface area is 232 Å². The van der Waals surface area contributed by atoms with Gasteiger partial charge in [-0.05, 0) is 44.2 Å². The SMILES string of the molecule is CCN(CC)c1nc2ccc(-c3ncn(C)c3C(O)c3ccc(OC)nc3)cc2c(Cl)c1Oc1ccccc1. The number of aliphatic hydroxyl groups is 1. The zero-order chi connectivity index (χ0) is 27.5. The standard InChI is InChI=1S/C30H30ClN5O3/c1-5-36(6-2)30-29(39-21-10-8-7-9-11-21)25(31)22-16-19(12-14-23(22)34-30)26-27(35(3)18-33-26)28(37)20-13-15-24(38-4)32-17-20/h7-18,28,37H,5-6H2,1-4H3. The molecule has 1 atom stereocenters. The van der Waals surface area contributed by atoms with Crippen LogP contribution < -0.4 is 14.4 Å². The number of nitrogens with zero attached hydrogens (tertiary/aromatic N) is 5. The summed E-state index contributed by atoms with van der Waals surface area (Å²) in [5, 5.41) is 12.5. The van der Waals surface area contributed by atoms with Crippen LogP contribution in [0.1, 0.15) is 31.2 Å². The molecule has 0 bridgehead atoms. The summed E-state index contributed by atoms with van der Waals surface area (Å²) in [6.07, 6.45) is 2.34. The number of methoxy groups -OCH3 is 1. The molecule has 0 aliphatic heterocycles. The van der Waals surface area contributed by atoms with Crippen molar-refractivity contribution >= 4 is 28.3 Å². The lowest BCUT2D eigenvalue weighted by atomic mass is 10.0. The van der Waals surface area contributed by atoms with Crippen molar-refractivity contribution in [3.05, 3.63) is 89.5 Å². The van der Waals surface area contributed by atoms with E-state index in [1.807, 2.05) is 60.1 Å². The average Bonchev–Trinajstić information content (AvgIpc) is 3.36. The van der Waals surface area contributed by atoms with Crippen LogP contribution in [0.15, 0.2) is 73.2 Å². The number of aliphatic hydroxyl groups excluding tert-OH is 1. The van der Waals surface area contributed by atoms with Gasteiger partial charge in [0.25, 0.3) is 0 Å². The monoisotopic (exact) mass is 543 g/mol. The Kier molecular flexibility index (Phi) is 7.67. The molecule has 0 saturated carbocycles. The number of para-hydroxylation sites is 1. The van der Waals surface area contributed by atoms with E-state index in [9.17, 15) is 5.11 Å². The van der Waals surface area contributed by atoms with Crippen molar-refractivity contribution in [2.45, 2.75) is 20.0 Å². The predicted molar refractivity (Wildman–Crippen MR) is 154 cm³/mol. The molecule has 0 spiro atoms. The third-order valence-corrected chi connectivity index (χ3v) is 7.06. The molecule has 3 heterocycles. The minimum atomic E-state index is -0.947. The topological polar surface area (TPSA) is 85.5 Å². The van der Waals surface area contributed by atoms with Gasteiger partial charge in [-0.1, -0.05) is 35.9 Å². The van der Waals surface area contributed by atoms with Crippen LogP contribution in [-0.4, -0.2) is 44.8 Å². The maximum atomic E-state index is 11.3. The average molecular weight is 544 g/mol. The van der Waals surface area contributed by atoms with Gasteiger partial charge in [0.1, 0.15) is 11.9 Å². The summed E-state index contributed by atoms with van der Waals surface area (Å²) in [7, 11) is 3.41. The molecule has 5 aromatic rings. The van der Waals surface area contributed by atoms with Gasteiger partial charge < -0.3 is 24.0 Å². The van der Waals surface area contributed by atoms with Crippen LogP contribution in [0.25, 0.3) is 22.2 Å². The molecule has 0 aliphatic carbocycles. The first-order valence-electron chi connectivity index (χ1n) is 12.8. The fourth-order valence-electron chi connectivity index (χ4n) is 4.59. The summed E-state index contributed by atoms with van der Waals surface area (Å²) in [4.78, 5) is 15.9. The van der Waals surface area contributed by atoms with Gasteiger partial charge in [0.05, 0.1) is 35.4 Å². The second-order valence-electron chi connectivity index (χ2n) is 9.02. The molecule has 1 N–H and O–H groups in total. The molecule has 9 heteroatoms. The lowest BCUT2D eigenvalue weighted by molar-refractivity contribution is 0.211. The number of ether oxygens (including phenoxy) is 2. The number of hydrogen-bond acceptors (Lipinski definition) is 7. The van der Waals surface area contributed by atoms with Crippen molar-refractivity contribution in [2.24, 2.45) is 7.05 Å². The molecule has 0 radical (unpaired) electrons. The molecular weight excluding hydrogens is 514 g/mol. The highest BCUT2D eigenvalue weighted by Gasteiger charge is 2.24.